The smallest absolute Gasteiger partial charge is 0.332 e. The van der Waals surface area contributed by atoms with Gasteiger partial charge in [0.1, 0.15) is 0 Å². The zero-order valence-corrected chi connectivity index (χ0v) is 18.1. The molecule has 2 aromatic heterocycles. The van der Waals surface area contributed by atoms with Gasteiger partial charge in [-0.25, -0.2) is 15.0 Å². The van der Waals surface area contributed by atoms with Crippen LogP contribution in [0.1, 0.15) is 22.5 Å². The van der Waals surface area contributed by atoms with E-state index in [2.05, 4.69) is 35.9 Å². The lowest BCUT2D eigenvalue weighted by Gasteiger charge is -2.15. The number of aryl methyl sites for hydroxylation is 2. The van der Waals surface area contributed by atoms with Gasteiger partial charge in [-0.05, 0) is 68.0 Å². The van der Waals surface area contributed by atoms with Crippen LogP contribution in [0.2, 0.25) is 0 Å². The highest BCUT2D eigenvalue weighted by Gasteiger charge is 2.29. The molecule has 0 unspecified atom stereocenters. The molecule has 3 aromatic rings. The van der Waals surface area contributed by atoms with Gasteiger partial charge in [-0.3, -0.25) is 10.3 Å². The maximum absolute atomic E-state index is 12.7. The average Bonchev–Trinajstić information content (AvgIpc) is 2.72. The minimum absolute atomic E-state index is 0.131. The van der Waals surface area contributed by atoms with Crippen LogP contribution in [0.4, 0.5) is 24.8 Å². The number of pyridine rings is 1. The Morgan fingerprint density at radius 2 is 1.72 bits per heavy atom. The molecule has 11 heteroatoms. The molecule has 3 rings (SSSR count). The van der Waals surface area contributed by atoms with Crippen LogP contribution in [0.3, 0.4) is 0 Å². The first-order valence-electron chi connectivity index (χ1n) is 9.47. The number of halogens is 3. The summed E-state index contributed by atoms with van der Waals surface area (Å²) in [7, 11) is 0. The molecule has 1 aromatic carbocycles. The number of guanidine groups is 1. The van der Waals surface area contributed by atoms with Gasteiger partial charge in [0.15, 0.2) is 5.11 Å². The number of hydrogen-bond acceptors (Lipinski definition) is 5. The van der Waals surface area contributed by atoms with Gasteiger partial charge in [0, 0.05) is 29.5 Å². The predicted molar refractivity (Wildman–Crippen MR) is 121 cm³/mol. The quantitative estimate of drug-likeness (QED) is 0.302. The molecule has 0 radical (unpaired) electrons. The summed E-state index contributed by atoms with van der Waals surface area (Å²) in [4.78, 5) is 17.2. The zero-order chi connectivity index (χ0) is 23.1. The van der Waals surface area contributed by atoms with Crippen molar-refractivity contribution < 1.29 is 13.2 Å². The number of anilines is 2. The maximum atomic E-state index is 12.7. The van der Waals surface area contributed by atoms with E-state index < -0.39 is 11.7 Å². The molecule has 0 fully saturated rings. The van der Waals surface area contributed by atoms with E-state index in [0.717, 1.165) is 29.1 Å². The number of rotatable bonds is 4. The first-order valence-corrected chi connectivity index (χ1v) is 9.88. The van der Waals surface area contributed by atoms with E-state index in [9.17, 15) is 13.2 Å². The molecule has 0 spiro atoms. The first-order chi connectivity index (χ1) is 15.2. The van der Waals surface area contributed by atoms with E-state index in [4.69, 9.17) is 12.2 Å². The standard InChI is InChI=1S/C21H20F3N7S/c1-13-10-14(2)28-19(27-13)30-18(26-12-15-4-3-9-25-11-15)31-20(32)29-17-7-5-16(6-8-17)21(22,23)24/h3-11H,12H2,1-2H3,(H3,26,27,28,29,30,31,32). The van der Waals surface area contributed by atoms with Gasteiger partial charge < -0.3 is 10.6 Å². The maximum Gasteiger partial charge on any atom is 0.416 e. The minimum Gasteiger partial charge on any atom is -0.332 e. The number of benzene rings is 1. The summed E-state index contributed by atoms with van der Waals surface area (Å²) in [5.74, 6) is 0.598. The van der Waals surface area contributed by atoms with Gasteiger partial charge in [-0.1, -0.05) is 6.07 Å². The number of nitrogens with one attached hydrogen (secondary N) is 3. The SMILES string of the molecule is Cc1cc(C)nc(NC(=NCc2cccnc2)NC(=S)Nc2ccc(C(F)(F)F)cc2)n1. The Labute approximate surface area is 188 Å². The third kappa shape index (κ3) is 6.98. The van der Waals surface area contributed by atoms with Crippen LogP contribution in [0.25, 0.3) is 0 Å². The third-order valence-electron chi connectivity index (χ3n) is 4.06. The Balaban J connectivity index is 1.74. The Morgan fingerprint density at radius 3 is 2.31 bits per heavy atom. The molecule has 0 saturated heterocycles. The van der Waals surface area contributed by atoms with Crippen LogP contribution < -0.4 is 16.0 Å². The number of nitrogens with zero attached hydrogens (tertiary/aromatic N) is 4. The summed E-state index contributed by atoms with van der Waals surface area (Å²) in [6, 6.07) is 10.1. The lowest BCUT2D eigenvalue weighted by Crippen LogP contribution is -2.39. The average molecular weight is 460 g/mol. The zero-order valence-electron chi connectivity index (χ0n) is 17.2. The topological polar surface area (TPSA) is 87.1 Å². The van der Waals surface area contributed by atoms with E-state index in [1.165, 1.54) is 12.1 Å². The molecule has 0 aliphatic carbocycles. The third-order valence-corrected chi connectivity index (χ3v) is 4.26. The number of hydrogen-bond donors (Lipinski definition) is 3. The van der Waals surface area contributed by atoms with E-state index >= 15 is 0 Å². The van der Waals surface area contributed by atoms with Crippen molar-refractivity contribution in [3.63, 3.8) is 0 Å². The number of thiocarbonyl (C=S) groups is 1. The highest BCUT2D eigenvalue weighted by molar-refractivity contribution is 7.80. The highest BCUT2D eigenvalue weighted by atomic mass is 32.1. The fourth-order valence-electron chi connectivity index (χ4n) is 2.67. The molecule has 166 valence electrons. The minimum atomic E-state index is -4.40. The second kappa shape index (κ2) is 10.1. The second-order valence-electron chi connectivity index (χ2n) is 6.78. The fraction of sp³-hybridized carbons (Fsp3) is 0.190. The molecule has 32 heavy (non-hydrogen) atoms. The molecule has 0 amide bonds. The normalized spacial score (nSPS) is 11.7. The molecule has 0 saturated carbocycles. The number of alkyl halides is 3. The lowest BCUT2D eigenvalue weighted by molar-refractivity contribution is -0.137. The highest BCUT2D eigenvalue weighted by Crippen LogP contribution is 2.29. The molecule has 3 N–H and O–H groups in total. The van der Waals surface area contributed by atoms with Gasteiger partial charge >= 0.3 is 6.18 Å². The van der Waals surface area contributed by atoms with Crippen molar-refractivity contribution >= 4 is 34.9 Å². The van der Waals surface area contributed by atoms with Gasteiger partial charge in [0.2, 0.25) is 11.9 Å². The van der Waals surface area contributed by atoms with Crippen LogP contribution in [-0.4, -0.2) is 26.0 Å². The van der Waals surface area contributed by atoms with E-state index in [0.29, 0.717) is 18.2 Å². The lowest BCUT2D eigenvalue weighted by atomic mass is 10.2. The van der Waals surface area contributed by atoms with E-state index in [1.807, 2.05) is 26.0 Å². The number of aromatic nitrogens is 3. The van der Waals surface area contributed by atoms with Gasteiger partial charge in [-0.15, -0.1) is 0 Å². The van der Waals surface area contributed by atoms with Gasteiger partial charge in [0.25, 0.3) is 0 Å². The summed E-state index contributed by atoms with van der Waals surface area (Å²) in [6.07, 6.45) is -1.05. The summed E-state index contributed by atoms with van der Waals surface area (Å²) in [6.45, 7) is 3.99. The summed E-state index contributed by atoms with van der Waals surface area (Å²) in [5.41, 5.74) is 2.07. The molecule has 0 aliphatic rings. The Kier molecular flexibility index (Phi) is 7.31. The van der Waals surface area contributed by atoms with Gasteiger partial charge in [0.05, 0.1) is 12.1 Å². The Hall–Kier alpha value is -3.60. The van der Waals surface area contributed by atoms with Crippen LogP contribution in [0, 0.1) is 13.8 Å². The van der Waals surface area contributed by atoms with Crippen LogP contribution >= 0.6 is 12.2 Å². The van der Waals surface area contributed by atoms with Crippen molar-refractivity contribution in [3.05, 3.63) is 77.4 Å². The first kappa shape index (κ1) is 23.1. The van der Waals surface area contributed by atoms with Crippen molar-refractivity contribution in [1.82, 2.24) is 20.3 Å². The molecule has 0 bridgehead atoms. The summed E-state index contributed by atoms with van der Waals surface area (Å²) >= 11 is 5.30. The molecule has 2 heterocycles. The predicted octanol–water partition coefficient (Wildman–Crippen LogP) is 4.46. The second-order valence-corrected chi connectivity index (χ2v) is 7.19. The molecular formula is C21H20F3N7S. The van der Waals surface area contributed by atoms with E-state index in [-0.39, 0.29) is 11.1 Å². The molecule has 0 atom stereocenters. The largest absolute Gasteiger partial charge is 0.416 e. The van der Waals surface area contributed by atoms with E-state index in [1.54, 1.807) is 18.5 Å². The Morgan fingerprint density at radius 1 is 1.03 bits per heavy atom. The van der Waals surface area contributed by atoms with Crippen LogP contribution in [0.15, 0.2) is 59.9 Å². The van der Waals surface area contributed by atoms with Crippen LogP contribution in [0.5, 0.6) is 0 Å². The monoisotopic (exact) mass is 459 g/mol. The van der Waals surface area contributed by atoms with Gasteiger partial charge in [-0.2, -0.15) is 13.2 Å². The van der Waals surface area contributed by atoms with Crippen LogP contribution in [-0.2, 0) is 12.7 Å². The van der Waals surface area contributed by atoms with Crippen molar-refractivity contribution in [1.29, 1.82) is 0 Å². The van der Waals surface area contributed by atoms with Crippen molar-refractivity contribution in [2.75, 3.05) is 10.6 Å². The molecule has 7 nitrogen and oxygen atoms in total. The number of aliphatic imine (C=N–C) groups is 1. The fourth-order valence-corrected chi connectivity index (χ4v) is 2.89. The molecule has 0 aliphatic heterocycles. The summed E-state index contributed by atoms with van der Waals surface area (Å²) < 4.78 is 38.2. The van der Waals surface area contributed by atoms with Crippen molar-refractivity contribution in [2.24, 2.45) is 4.99 Å². The Bertz CT molecular complexity index is 1080. The van der Waals surface area contributed by atoms with Crippen molar-refractivity contribution in [2.45, 2.75) is 26.6 Å². The summed E-state index contributed by atoms with van der Waals surface area (Å²) in [5, 5.41) is 8.87. The van der Waals surface area contributed by atoms with Crippen molar-refractivity contribution in [3.8, 4) is 0 Å². The molecular weight excluding hydrogens is 439 g/mol.